The molecule has 0 aliphatic carbocycles. The molecule has 0 aliphatic heterocycles. The summed E-state index contributed by atoms with van der Waals surface area (Å²) in [6.07, 6.45) is 0. The highest BCUT2D eigenvalue weighted by atomic mass is 32.1. The number of benzene rings is 1. The summed E-state index contributed by atoms with van der Waals surface area (Å²) in [6, 6.07) is 6.70. The molecule has 0 aliphatic rings. The number of rotatable bonds is 2. The lowest BCUT2D eigenvalue weighted by Gasteiger charge is -2.22. The number of carbonyl (C=O) groups excluding carboxylic acids is 2. The van der Waals surface area contributed by atoms with Gasteiger partial charge in [-0.05, 0) is 65.8 Å². The van der Waals surface area contributed by atoms with Gasteiger partial charge in [-0.2, -0.15) is 0 Å². The highest BCUT2D eigenvalue weighted by molar-refractivity contribution is 7.82. The third kappa shape index (κ3) is 8.35. The van der Waals surface area contributed by atoms with Crippen LogP contribution in [0, 0.1) is 0 Å². The van der Waals surface area contributed by atoms with Crippen LogP contribution >= 0.6 is 24.4 Å². The van der Waals surface area contributed by atoms with Crippen LogP contribution in [0.1, 0.15) is 41.5 Å². The molecule has 0 aromatic heterocycles. The molecular weight excluding hydrogens is 368 g/mol. The lowest BCUT2D eigenvalue weighted by molar-refractivity contribution is -0.111. The molecular formula is C18H26N4O2S2. The molecule has 1 aromatic carbocycles. The highest BCUT2D eigenvalue weighted by Gasteiger charge is 2.18. The van der Waals surface area contributed by atoms with Crippen LogP contribution in [0.2, 0.25) is 0 Å². The number of thiocarbonyl (C=S) groups is 2. The van der Waals surface area contributed by atoms with Gasteiger partial charge in [-0.1, -0.05) is 24.4 Å². The van der Waals surface area contributed by atoms with E-state index in [0.717, 1.165) is 0 Å². The van der Waals surface area contributed by atoms with Gasteiger partial charge in [0.05, 0.1) is 0 Å². The van der Waals surface area contributed by atoms with E-state index < -0.39 is 0 Å². The minimum atomic E-state index is -0.387. The van der Waals surface area contributed by atoms with Crippen molar-refractivity contribution in [2.24, 2.45) is 0 Å². The maximum atomic E-state index is 12.1. The summed E-state index contributed by atoms with van der Waals surface area (Å²) in [5.41, 5.74) is 0.562. The van der Waals surface area contributed by atoms with E-state index in [1.54, 1.807) is 24.3 Å². The van der Waals surface area contributed by atoms with Crippen molar-refractivity contribution in [1.82, 2.24) is 10.6 Å². The summed E-state index contributed by atoms with van der Waals surface area (Å²) in [6.45, 7) is 11.5. The summed E-state index contributed by atoms with van der Waals surface area (Å²) in [4.78, 5) is 24.4. The van der Waals surface area contributed by atoms with Crippen LogP contribution in [-0.4, -0.2) is 32.9 Å². The third-order valence-corrected chi connectivity index (χ3v) is 3.37. The summed E-state index contributed by atoms with van der Waals surface area (Å²) in [7, 11) is 0. The van der Waals surface area contributed by atoms with Crippen molar-refractivity contribution in [3.63, 3.8) is 0 Å². The van der Waals surface area contributed by atoms with Crippen LogP contribution < -0.4 is 21.3 Å². The van der Waals surface area contributed by atoms with Gasteiger partial charge in [-0.3, -0.25) is 9.59 Å². The Labute approximate surface area is 165 Å². The first-order chi connectivity index (χ1) is 11.8. The van der Waals surface area contributed by atoms with Gasteiger partial charge in [0, 0.05) is 22.5 Å². The fraction of sp³-hybridized carbons (Fsp3) is 0.444. The van der Waals surface area contributed by atoms with Crippen LogP contribution in [0.3, 0.4) is 0 Å². The van der Waals surface area contributed by atoms with Crippen molar-refractivity contribution in [3.8, 4) is 0 Å². The number of anilines is 2. The highest BCUT2D eigenvalue weighted by Crippen LogP contribution is 2.14. The number of carbonyl (C=O) groups is 2. The Morgan fingerprint density at radius 2 is 0.962 bits per heavy atom. The molecule has 0 fully saturated rings. The smallest absolute Gasteiger partial charge is 0.283 e. The van der Waals surface area contributed by atoms with Crippen molar-refractivity contribution in [2.45, 2.75) is 52.6 Å². The molecule has 0 bridgehead atoms. The van der Waals surface area contributed by atoms with Gasteiger partial charge in [0.2, 0.25) is 0 Å². The van der Waals surface area contributed by atoms with Gasteiger partial charge in [0.1, 0.15) is 0 Å². The quantitative estimate of drug-likeness (QED) is 0.578. The van der Waals surface area contributed by atoms with E-state index in [-0.39, 0.29) is 32.9 Å². The van der Waals surface area contributed by atoms with E-state index in [1.165, 1.54) is 0 Å². The Morgan fingerprint density at radius 1 is 0.692 bits per heavy atom. The first-order valence-electron chi connectivity index (χ1n) is 8.14. The lowest BCUT2D eigenvalue weighted by atomic mass is 10.1. The molecule has 6 nitrogen and oxygen atoms in total. The molecule has 1 rings (SSSR count). The van der Waals surface area contributed by atoms with E-state index in [4.69, 9.17) is 24.4 Å². The van der Waals surface area contributed by atoms with E-state index in [0.29, 0.717) is 11.4 Å². The largest absolute Gasteiger partial charge is 0.367 e. The predicted octanol–water partition coefficient (Wildman–Crippen LogP) is 2.99. The summed E-state index contributed by atoms with van der Waals surface area (Å²) >= 11 is 10.2. The van der Waals surface area contributed by atoms with Crippen LogP contribution in [0.5, 0.6) is 0 Å². The van der Waals surface area contributed by atoms with E-state index >= 15 is 0 Å². The molecule has 0 spiro atoms. The first kappa shape index (κ1) is 22.0. The maximum absolute atomic E-state index is 12.1. The third-order valence-electron chi connectivity index (χ3n) is 2.79. The zero-order valence-electron chi connectivity index (χ0n) is 15.9. The summed E-state index contributed by atoms with van der Waals surface area (Å²) < 4.78 is 0. The van der Waals surface area contributed by atoms with Crippen molar-refractivity contribution in [3.05, 3.63) is 24.3 Å². The molecule has 26 heavy (non-hydrogen) atoms. The van der Waals surface area contributed by atoms with Crippen LogP contribution in [-0.2, 0) is 9.59 Å². The Kier molecular flexibility index (Phi) is 7.23. The molecule has 0 radical (unpaired) electrons. The van der Waals surface area contributed by atoms with E-state index in [9.17, 15) is 9.59 Å². The predicted molar refractivity (Wildman–Crippen MR) is 115 cm³/mol. The van der Waals surface area contributed by atoms with E-state index in [2.05, 4.69) is 21.3 Å². The lowest BCUT2D eigenvalue weighted by Crippen LogP contribution is -2.45. The maximum Gasteiger partial charge on any atom is 0.283 e. The van der Waals surface area contributed by atoms with E-state index in [1.807, 2.05) is 41.5 Å². The van der Waals surface area contributed by atoms with Crippen molar-refractivity contribution >= 4 is 57.6 Å². The standard InChI is InChI=1S/C18H26N4O2S2/c1-17(2,3)21-15(25)13(23)19-11-7-9-12(10-8-11)20-14(24)16(26)22-18(4,5)6/h7-10H,1-6H3,(H,19,23)(H,20,24)(H,21,25)(H,22,26). The average Bonchev–Trinajstić information content (AvgIpc) is 2.45. The second-order valence-corrected chi connectivity index (χ2v) is 8.71. The number of hydrogen-bond donors (Lipinski definition) is 4. The topological polar surface area (TPSA) is 82.3 Å². The Morgan fingerprint density at radius 3 is 1.19 bits per heavy atom. The second-order valence-electron chi connectivity index (χ2n) is 7.89. The molecule has 4 N–H and O–H groups in total. The van der Waals surface area contributed by atoms with Crippen LogP contribution in [0.25, 0.3) is 0 Å². The minimum absolute atomic E-state index is 0.119. The fourth-order valence-corrected chi connectivity index (χ4v) is 2.52. The number of amides is 2. The molecule has 0 saturated carbocycles. The molecule has 1 aromatic rings. The van der Waals surface area contributed by atoms with Gasteiger partial charge >= 0.3 is 0 Å². The Hall–Kier alpha value is -2.06. The SMILES string of the molecule is CC(C)(C)NC(=S)C(=O)Nc1ccc(NC(=O)C(=S)NC(C)(C)C)cc1. The Bertz CT molecular complexity index is 640. The van der Waals surface area contributed by atoms with Gasteiger partial charge in [-0.15, -0.1) is 0 Å². The minimum Gasteiger partial charge on any atom is -0.367 e. The zero-order valence-corrected chi connectivity index (χ0v) is 17.6. The molecule has 142 valence electrons. The van der Waals surface area contributed by atoms with Gasteiger partial charge in [-0.25, -0.2) is 0 Å². The normalized spacial score (nSPS) is 11.3. The number of hydrogen-bond acceptors (Lipinski definition) is 4. The van der Waals surface area contributed by atoms with Crippen LogP contribution in [0.4, 0.5) is 11.4 Å². The summed E-state index contributed by atoms with van der Waals surface area (Å²) in [5.74, 6) is -0.774. The van der Waals surface area contributed by atoms with Gasteiger partial charge in [0.15, 0.2) is 9.98 Å². The van der Waals surface area contributed by atoms with Crippen molar-refractivity contribution in [2.75, 3.05) is 10.6 Å². The van der Waals surface area contributed by atoms with Gasteiger partial charge in [0.25, 0.3) is 11.8 Å². The zero-order chi connectivity index (χ0) is 20.1. The molecule has 0 atom stereocenters. The molecule has 0 saturated heterocycles. The molecule has 0 unspecified atom stereocenters. The Balaban J connectivity index is 2.63. The monoisotopic (exact) mass is 394 g/mol. The van der Waals surface area contributed by atoms with Crippen molar-refractivity contribution in [1.29, 1.82) is 0 Å². The molecule has 8 heteroatoms. The fourth-order valence-electron chi connectivity index (χ4n) is 1.81. The first-order valence-corrected chi connectivity index (χ1v) is 8.95. The van der Waals surface area contributed by atoms with Gasteiger partial charge < -0.3 is 21.3 Å². The number of nitrogens with one attached hydrogen (secondary N) is 4. The molecule has 0 heterocycles. The molecule has 2 amide bonds. The van der Waals surface area contributed by atoms with Crippen LogP contribution in [0.15, 0.2) is 24.3 Å². The average molecular weight is 395 g/mol. The summed E-state index contributed by atoms with van der Waals surface area (Å²) in [5, 5.41) is 11.3. The second kappa shape index (κ2) is 8.55. The van der Waals surface area contributed by atoms with Crippen molar-refractivity contribution < 1.29 is 9.59 Å².